The van der Waals surface area contributed by atoms with Crippen LogP contribution in [0.2, 0.25) is 10.0 Å². The van der Waals surface area contributed by atoms with Gasteiger partial charge < -0.3 is 10.1 Å². The number of carbonyl (C=O) groups excluding carboxylic acids is 1. The van der Waals surface area contributed by atoms with Gasteiger partial charge in [-0.15, -0.1) is 0 Å². The van der Waals surface area contributed by atoms with Gasteiger partial charge in [0, 0.05) is 20.9 Å². The quantitative estimate of drug-likeness (QED) is 0.718. The van der Waals surface area contributed by atoms with Crippen LogP contribution in [0.4, 0.5) is 5.69 Å². The first-order chi connectivity index (χ1) is 9.51. The smallest absolute Gasteiger partial charge is 0.255 e. The van der Waals surface area contributed by atoms with Crippen LogP contribution in [0.3, 0.4) is 0 Å². The summed E-state index contributed by atoms with van der Waals surface area (Å²) in [5.41, 5.74) is 1.09. The fraction of sp³-hybridized carbons (Fsp3) is 0.0714. The number of benzene rings is 2. The van der Waals surface area contributed by atoms with Crippen molar-refractivity contribution in [3.8, 4) is 5.75 Å². The van der Waals surface area contributed by atoms with Gasteiger partial charge in [0.25, 0.3) is 5.91 Å². The summed E-state index contributed by atoms with van der Waals surface area (Å²) in [4.78, 5) is 12.1. The predicted octanol–water partition coefficient (Wildman–Crippen LogP) is 4.86. The molecule has 0 heterocycles. The monoisotopic (exact) mass is 421 g/mol. The van der Waals surface area contributed by atoms with Crippen molar-refractivity contribution in [3.05, 3.63) is 55.6 Å². The second kappa shape index (κ2) is 6.65. The van der Waals surface area contributed by atoms with E-state index in [1.54, 1.807) is 36.4 Å². The maximum Gasteiger partial charge on any atom is 0.255 e. The van der Waals surface area contributed by atoms with Crippen LogP contribution in [0.5, 0.6) is 5.75 Å². The number of anilines is 1. The molecular weight excluding hydrogens is 412 g/mol. The lowest BCUT2D eigenvalue weighted by Crippen LogP contribution is -2.12. The van der Waals surface area contributed by atoms with E-state index in [0.29, 0.717) is 27.0 Å². The van der Waals surface area contributed by atoms with Crippen LogP contribution in [0.25, 0.3) is 0 Å². The zero-order valence-electron chi connectivity index (χ0n) is 10.4. The zero-order valence-corrected chi connectivity index (χ0v) is 14.1. The minimum absolute atomic E-state index is 0.243. The van der Waals surface area contributed by atoms with Gasteiger partial charge >= 0.3 is 0 Å². The van der Waals surface area contributed by atoms with Crippen LogP contribution in [-0.4, -0.2) is 13.0 Å². The molecule has 0 bridgehead atoms. The molecule has 20 heavy (non-hydrogen) atoms. The Kier molecular flexibility index (Phi) is 5.12. The van der Waals surface area contributed by atoms with E-state index in [4.69, 9.17) is 27.9 Å². The van der Waals surface area contributed by atoms with E-state index in [0.717, 1.165) is 3.57 Å². The topological polar surface area (TPSA) is 38.3 Å². The highest BCUT2D eigenvalue weighted by Gasteiger charge is 2.09. The number of carbonyl (C=O) groups is 1. The van der Waals surface area contributed by atoms with Gasteiger partial charge in [-0.05, 0) is 52.9 Å². The van der Waals surface area contributed by atoms with Crippen LogP contribution in [0, 0.1) is 3.57 Å². The first-order valence-electron chi connectivity index (χ1n) is 5.61. The normalized spacial score (nSPS) is 10.2. The number of halogens is 3. The van der Waals surface area contributed by atoms with E-state index < -0.39 is 0 Å². The van der Waals surface area contributed by atoms with Crippen molar-refractivity contribution in [2.24, 2.45) is 0 Å². The van der Waals surface area contributed by atoms with Crippen LogP contribution in [-0.2, 0) is 0 Å². The molecule has 104 valence electrons. The fourth-order valence-electron chi connectivity index (χ4n) is 1.58. The molecule has 0 saturated heterocycles. The number of hydrogen-bond acceptors (Lipinski definition) is 2. The number of rotatable bonds is 3. The summed E-state index contributed by atoms with van der Waals surface area (Å²) >= 11 is 14.0. The molecule has 1 N–H and O–H groups in total. The predicted molar refractivity (Wildman–Crippen MR) is 90.1 cm³/mol. The Hall–Kier alpha value is -0.980. The van der Waals surface area contributed by atoms with E-state index in [1.165, 1.54) is 7.11 Å². The molecule has 0 aliphatic carbocycles. The van der Waals surface area contributed by atoms with Gasteiger partial charge in [-0.3, -0.25) is 4.79 Å². The van der Waals surface area contributed by atoms with Crippen LogP contribution in [0.15, 0.2) is 36.4 Å². The third kappa shape index (κ3) is 3.56. The Labute approximate surface area is 140 Å². The average molecular weight is 422 g/mol. The van der Waals surface area contributed by atoms with Gasteiger partial charge in [-0.2, -0.15) is 0 Å². The second-order valence-electron chi connectivity index (χ2n) is 3.93. The van der Waals surface area contributed by atoms with E-state index in [1.807, 2.05) is 0 Å². The first kappa shape index (κ1) is 15.4. The van der Waals surface area contributed by atoms with Crippen molar-refractivity contribution in [2.75, 3.05) is 12.4 Å². The third-order valence-electron chi connectivity index (χ3n) is 2.59. The third-order valence-corrected chi connectivity index (χ3v) is 4.48. The van der Waals surface area contributed by atoms with E-state index >= 15 is 0 Å². The van der Waals surface area contributed by atoms with Gasteiger partial charge in [-0.1, -0.05) is 23.2 Å². The highest BCUT2D eigenvalue weighted by molar-refractivity contribution is 14.1. The molecule has 2 rings (SSSR count). The summed E-state index contributed by atoms with van der Waals surface area (Å²) in [6, 6.07) is 10.2. The minimum Gasteiger partial charge on any atom is -0.495 e. The summed E-state index contributed by atoms with van der Waals surface area (Å²) in [6.07, 6.45) is 0. The molecular formula is C14H10Cl2INO2. The molecule has 2 aromatic carbocycles. The molecule has 1 amide bonds. The van der Waals surface area contributed by atoms with Crippen LogP contribution in [0.1, 0.15) is 10.4 Å². The van der Waals surface area contributed by atoms with E-state index in [-0.39, 0.29) is 5.91 Å². The largest absolute Gasteiger partial charge is 0.495 e. The summed E-state index contributed by atoms with van der Waals surface area (Å²) in [5.74, 6) is 0.262. The molecule has 0 unspecified atom stereocenters. The molecule has 2 aromatic rings. The lowest BCUT2D eigenvalue weighted by molar-refractivity contribution is 0.102. The van der Waals surface area contributed by atoms with Crippen molar-refractivity contribution in [1.29, 1.82) is 0 Å². The Morgan fingerprint density at radius 3 is 2.55 bits per heavy atom. The zero-order chi connectivity index (χ0) is 14.7. The number of amides is 1. The fourth-order valence-corrected chi connectivity index (χ4v) is 2.29. The molecule has 0 atom stereocenters. The summed E-state index contributed by atoms with van der Waals surface area (Å²) in [7, 11) is 1.52. The van der Waals surface area contributed by atoms with Crippen molar-refractivity contribution < 1.29 is 9.53 Å². The summed E-state index contributed by atoms with van der Waals surface area (Å²) < 4.78 is 6.00. The van der Waals surface area contributed by atoms with Gasteiger partial charge in [-0.25, -0.2) is 0 Å². The van der Waals surface area contributed by atoms with E-state index in [9.17, 15) is 4.79 Å². The Bertz CT molecular complexity index is 662. The lowest BCUT2D eigenvalue weighted by Gasteiger charge is -2.09. The molecule has 0 spiro atoms. The molecule has 6 heteroatoms. The number of methoxy groups -OCH3 is 1. The minimum atomic E-state index is -0.243. The molecule has 3 nitrogen and oxygen atoms in total. The summed E-state index contributed by atoms with van der Waals surface area (Å²) in [5, 5.41) is 3.80. The van der Waals surface area contributed by atoms with Gasteiger partial charge in [0.05, 0.1) is 17.2 Å². The maximum absolute atomic E-state index is 12.1. The van der Waals surface area contributed by atoms with Crippen LogP contribution >= 0.6 is 45.8 Å². The maximum atomic E-state index is 12.1. The van der Waals surface area contributed by atoms with Crippen molar-refractivity contribution in [3.63, 3.8) is 0 Å². The van der Waals surface area contributed by atoms with Crippen LogP contribution < -0.4 is 10.1 Å². The van der Waals surface area contributed by atoms with Crippen molar-refractivity contribution >= 4 is 57.4 Å². The van der Waals surface area contributed by atoms with Gasteiger partial charge in [0.2, 0.25) is 0 Å². The highest BCUT2D eigenvalue weighted by atomic mass is 127. The van der Waals surface area contributed by atoms with E-state index in [2.05, 4.69) is 27.9 Å². The molecule has 0 aliphatic heterocycles. The number of nitrogens with one attached hydrogen (secondary N) is 1. The van der Waals surface area contributed by atoms with Crippen molar-refractivity contribution in [2.45, 2.75) is 0 Å². The Morgan fingerprint density at radius 1 is 1.15 bits per heavy atom. The second-order valence-corrected chi connectivity index (χ2v) is 5.91. The molecule has 0 saturated carbocycles. The Balaban J connectivity index is 2.21. The summed E-state index contributed by atoms with van der Waals surface area (Å²) in [6.45, 7) is 0. The van der Waals surface area contributed by atoms with Gasteiger partial charge in [0.15, 0.2) is 0 Å². The number of hydrogen-bond donors (Lipinski definition) is 1. The molecule has 0 aromatic heterocycles. The molecule has 0 radical (unpaired) electrons. The average Bonchev–Trinajstić information content (AvgIpc) is 2.43. The van der Waals surface area contributed by atoms with Crippen molar-refractivity contribution in [1.82, 2.24) is 0 Å². The molecule has 0 aliphatic rings. The SMILES string of the molecule is COc1cc(NC(=O)c2ccc(I)c(Cl)c2)ccc1Cl. The molecule has 0 fully saturated rings. The first-order valence-corrected chi connectivity index (χ1v) is 7.44. The Morgan fingerprint density at radius 2 is 1.90 bits per heavy atom. The number of ether oxygens (including phenoxy) is 1. The highest BCUT2D eigenvalue weighted by Crippen LogP contribution is 2.28. The standard InChI is InChI=1S/C14H10Cl2INO2/c1-20-13-7-9(3-4-10(13)15)18-14(19)8-2-5-12(17)11(16)6-8/h2-7H,1H3,(H,18,19). The lowest BCUT2D eigenvalue weighted by atomic mass is 10.2. The van der Waals surface area contributed by atoms with Gasteiger partial charge in [0.1, 0.15) is 5.75 Å².